The highest BCUT2D eigenvalue weighted by Crippen LogP contribution is 2.30. The molecule has 34 heavy (non-hydrogen) atoms. The average molecular weight is 484 g/mol. The number of hydrazone groups is 1. The number of hydrogen-bond acceptors (Lipinski definition) is 8. The molecule has 0 radical (unpaired) electrons. The predicted octanol–water partition coefficient (Wildman–Crippen LogP) is 2.62. The van der Waals surface area contributed by atoms with Crippen molar-refractivity contribution in [3.63, 3.8) is 0 Å². The number of benzene rings is 2. The minimum absolute atomic E-state index is 0.167. The van der Waals surface area contributed by atoms with Crippen molar-refractivity contribution in [1.29, 1.82) is 0 Å². The quantitative estimate of drug-likeness (QED) is 0.538. The maximum absolute atomic E-state index is 13.8. The summed E-state index contributed by atoms with van der Waals surface area (Å²) in [6.45, 7) is 1.74. The van der Waals surface area contributed by atoms with Crippen molar-refractivity contribution in [3.05, 3.63) is 66.0 Å². The van der Waals surface area contributed by atoms with Gasteiger partial charge in [0, 0.05) is 19.5 Å². The first-order valence-electron chi connectivity index (χ1n) is 9.97. The minimum Gasteiger partial charge on any atom is -0.324 e. The summed E-state index contributed by atoms with van der Waals surface area (Å²) in [5.74, 6) is -2.69. The van der Waals surface area contributed by atoms with E-state index in [1.807, 2.05) is 24.3 Å². The van der Waals surface area contributed by atoms with Gasteiger partial charge in [0.25, 0.3) is 5.91 Å². The van der Waals surface area contributed by atoms with Gasteiger partial charge < -0.3 is 5.32 Å². The van der Waals surface area contributed by atoms with E-state index in [0.717, 1.165) is 34.5 Å². The van der Waals surface area contributed by atoms with E-state index in [-0.39, 0.29) is 12.1 Å². The molecule has 174 valence electrons. The Kier molecular flexibility index (Phi) is 6.72. The van der Waals surface area contributed by atoms with Gasteiger partial charge in [0.1, 0.15) is 23.2 Å². The van der Waals surface area contributed by atoms with Crippen molar-refractivity contribution in [1.82, 2.24) is 25.2 Å². The molecule has 0 spiro atoms. The molecule has 1 aromatic heterocycles. The van der Waals surface area contributed by atoms with Crippen molar-refractivity contribution in [2.75, 3.05) is 12.4 Å². The Hall–Kier alpha value is -4.00. The third kappa shape index (κ3) is 4.98. The van der Waals surface area contributed by atoms with Gasteiger partial charge in [-0.25, -0.2) is 13.5 Å². The van der Waals surface area contributed by atoms with E-state index in [1.165, 1.54) is 18.1 Å². The number of aliphatic imine (C=N–C) groups is 1. The number of nitrogens with zero attached hydrogens (tertiary/aromatic N) is 7. The standard InChI is InChI=1S/C21H18F2N8O2S/c1-12(13-4-3-5-15(8-13)30-11-25-28-29-30)27-31-20(33)18(34-21(31)24-2)10-19(32)26-17-7-6-14(22)9-16(17)23/h3-9,11,18H,10H2,1-2H3,(H,26,32). The van der Waals surface area contributed by atoms with Crippen molar-refractivity contribution in [3.8, 4) is 5.69 Å². The molecule has 1 unspecified atom stereocenters. The van der Waals surface area contributed by atoms with Crippen molar-refractivity contribution in [2.45, 2.75) is 18.6 Å². The molecule has 0 aliphatic carbocycles. The average Bonchev–Trinajstić information content (AvgIpc) is 3.46. The van der Waals surface area contributed by atoms with Crippen LogP contribution in [-0.2, 0) is 9.59 Å². The molecular formula is C21H18F2N8O2S. The monoisotopic (exact) mass is 484 g/mol. The number of rotatable bonds is 6. The number of thioether (sulfide) groups is 1. The first-order chi connectivity index (χ1) is 16.4. The highest BCUT2D eigenvalue weighted by molar-refractivity contribution is 8.15. The topological polar surface area (TPSA) is 118 Å². The second-order valence-corrected chi connectivity index (χ2v) is 8.30. The van der Waals surface area contributed by atoms with Gasteiger partial charge in [0.2, 0.25) is 5.91 Å². The normalized spacial score (nSPS) is 17.5. The van der Waals surface area contributed by atoms with Crippen LogP contribution in [0.4, 0.5) is 14.5 Å². The van der Waals surface area contributed by atoms with Gasteiger partial charge in [0.15, 0.2) is 5.17 Å². The van der Waals surface area contributed by atoms with Crippen LogP contribution in [-0.4, -0.2) is 60.2 Å². The molecule has 2 amide bonds. The first-order valence-corrected chi connectivity index (χ1v) is 10.8. The van der Waals surface area contributed by atoms with Crippen LogP contribution in [0.25, 0.3) is 5.69 Å². The second-order valence-electron chi connectivity index (χ2n) is 7.13. The summed E-state index contributed by atoms with van der Waals surface area (Å²) in [6.07, 6.45) is 1.22. The Labute approximate surface area is 196 Å². The fourth-order valence-corrected chi connectivity index (χ4v) is 4.17. The van der Waals surface area contributed by atoms with Crippen molar-refractivity contribution >= 4 is 40.1 Å². The molecular weight excluding hydrogens is 466 g/mol. The van der Waals surface area contributed by atoms with E-state index < -0.39 is 28.7 Å². The van der Waals surface area contributed by atoms with Crippen LogP contribution in [0.2, 0.25) is 0 Å². The minimum atomic E-state index is -0.902. The number of anilines is 1. The number of amides is 2. The van der Waals surface area contributed by atoms with E-state index in [0.29, 0.717) is 22.6 Å². The van der Waals surface area contributed by atoms with Crippen LogP contribution in [0.1, 0.15) is 18.9 Å². The maximum Gasteiger partial charge on any atom is 0.263 e. The third-order valence-corrected chi connectivity index (χ3v) is 6.03. The lowest BCUT2D eigenvalue weighted by Crippen LogP contribution is -2.30. The third-order valence-electron chi connectivity index (χ3n) is 4.81. The van der Waals surface area contributed by atoms with Crippen LogP contribution in [0, 0.1) is 11.6 Å². The molecule has 13 heteroatoms. The van der Waals surface area contributed by atoms with E-state index >= 15 is 0 Å². The van der Waals surface area contributed by atoms with Gasteiger partial charge in [-0.3, -0.25) is 14.6 Å². The number of carbonyl (C=O) groups is 2. The summed E-state index contributed by atoms with van der Waals surface area (Å²) >= 11 is 1.08. The number of carbonyl (C=O) groups excluding carboxylic acids is 2. The molecule has 1 aliphatic heterocycles. The molecule has 0 bridgehead atoms. The molecule has 2 heterocycles. The van der Waals surface area contributed by atoms with Crippen LogP contribution < -0.4 is 5.32 Å². The molecule has 3 aromatic rings. The molecule has 4 rings (SSSR count). The summed E-state index contributed by atoms with van der Waals surface area (Å²) in [7, 11) is 1.52. The Morgan fingerprint density at radius 2 is 2.06 bits per heavy atom. The number of hydrogen-bond donors (Lipinski definition) is 1. The lowest BCUT2D eigenvalue weighted by molar-refractivity contribution is -0.128. The number of nitrogens with one attached hydrogen (secondary N) is 1. The summed E-state index contributed by atoms with van der Waals surface area (Å²) in [4.78, 5) is 29.5. The van der Waals surface area contributed by atoms with Gasteiger partial charge >= 0.3 is 0 Å². The number of tetrazole rings is 1. The number of aromatic nitrogens is 4. The van der Waals surface area contributed by atoms with Crippen LogP contribution in [0.5, 0.6) is 0 Å². The fourth-order valence-electron chi connectivity index (χ4n) is 3.15. The number of halogens is 2. The molecule has 1 fully saturated rings. The highest BCUT2D eigenvalue weighted by atomic mass is 32.2. The van der Waals surface area contributed by atoms with E-state index in [2.05, 4.69) is 30.9 Å². The summed E-state index contributed by atoms with van der Waals surface area (Å²) in [5.41, 5.74) is 1.81. The zero-order chi connectivity index (χ0) is 24.2. The molecule has 1 aliphatic rings. The summed E-state index contributed by atoms with van der Waals surface area (Å²) in [5, 5.41) is 18.5. The smallest absolute Gasteiger partial charge is 0.263 e. The fraction of sp³-hybridized carbons (Fsp3) is 0.190. The van der Waals surface area contributed by atoms with Crippen LogP contribution in [0.15, 0.2) is 58.9 Å². The SMILES string of the molecule is CN=C1SC(CC(=O)Nc2ccc(F)cc2F)C(=O)N1N=C(C)c1cccc(-n2cnnn2)c1. The van der Waals surface area contributed by atoms with E-state index in [1.54, 1.807) is 6.92 Å². The first kappa shape index (κ1) is 23.2. The molecule has 1 N–H and O–H groups in total. The van der Waals surface area contributed by atoms with E-state index in [9.17, 15) is 18.4 Å². The zero-order valence-corrected chi connectivity index (χ0v) is 18.8. The molecule has 1 saturated heterocycles. The lowest BCUT2D eigenvalue weighted by Gasteiger charge is -2.12. The molecule has 10 nitrogen and oxygen atoms in total. The van der Waals surface area contributed by atoms with Gasteiger partial charge in [-0.2, -0.15) is 10.1 Å². The molecule has 2 aromatic carbocycles. The Morgan fingerprint density at radius 3 is 2.76 bits per heavy atom. The number of amidine groups is 1. The Balaban J connectivity index is 1.49. The van der Waals surface area contributed by atoms with Gasteiger partial charge in [-0.15, -0.1) is 5.10 Å². The van der Waals surface area contributed by atoms with Crippen molar-refractivity contribution in [2.24, 2.45) is 10.1 Å². The molecule has 1 atom stereocenters. The second kappa shape index (κ2) is 9.87. The molecule has 0 saturated carbocycles. The zero-order valence-electron chi connectivity index (χ0n) is 18.0. The van der Waals surface area contributed by atoms with Crippen LogP contribution >= 0.6 is 11.8 Å². The lowest BCUT2D eigenvalue weighted by atomic mass is 10.1. The van der Waals surface area contributed by atoms with E-state index in [4.69, 9.17) is 0 Å². The maximum atomic E-state index is 13.8. The Morgan fingerprint density at radius 1 is 1.24 bits per heavy atom. The van der Waals surface area contributed by atoms with Crippen LogP contribution in [0.3, 0.4) is 0 Å². The Bertz CT molecular complexity index is 1300. The predicted molar refractivity (Wildman–Crippen MR) is 123 cm³/mol. The largest absolute Gasteiger partial charge is 0.324 e. The van der Waals surface area contributed by atoms with Gasteiger partial charge in [-0.1, -0.05) is 23.9 Å². The van der Waals surface area contributed by atoms with Gasteiger partial charge in [0.05, 0.1) is 17.1 Å². The highest BCUT2D eigenvalue weighted by Gasteiger charge is 2.39. The van der Waals surface area contributed by atoms with Gasteiger partial charge in [-0.05, 0) is 47.2 Å². The van der Waals surface area contributed by atoms with Crippen molar-refractivity contribution < 1.29 is 18.4 Å². The summed E-state index contributed by atoms with van der Waals surface area (Å²) < 4.78 is 28.4. The summed E-state index contributed by atoms with van der Waals surface area (Å²) in [6, 6.07) is 10.1.